The summed E-state index contributed by atoms with van der Waals surface area (Å²) in [5, 5.41) is 3.70. The molecule has 1 aliphatic heterocycles. The predicted molar refractivity (Wildman–Crippen MR) is 174 cm³/mol. The molecule has 1 saturated carbocycles. The van der Waals surface area contributed by atoms with E-state index in [9.17, 15) is 0 Å². The summed E-state index contributed by atoms with van der Waals surface area (Å²) in [6, 6.07) is 14.1. The number of benzene rings is 2. The molecule has 0 unspecified atom stereocenters. The van der Waals surface area contributed by atoms with Gasteiger partial charge in [0.2, 0.25) is 0 Å². The molecule has 0 bridgehead atoms. The molecular formula is C36H51N3. The van der Waals surface area contributed by atoms with E-state index >= 15 is 0 Å². The average Bonchev–Trinajstić information content (AvgIpc) is 2.98. The van der Waals surface area contributed by atoms with Crippen LogP contribution in [0.4, 0.5) is 11.4 Å². The molecular weight excluding hydrogens is 474 g/mol. The summed E-state index contributed by atoms with van der Waals surface area (Å²) in [5.74, 6) is 0.495. The first-order chi connectivity index (χ1) is 19.0. The van der Waals surface area contributed by atoms with Gasteiger partial charge in [-0.2, -0.15) is 0 Å². The van der Waals surface area contributed by atoms with E-state index < -0.39 is 0 Å². The molecule has 3 nitrogen and oxygen atoms in total. The predicted octanol–water partition coefficient (Wildman–Crippen LogP) is 10.0. The number of hydrogen-bond donors (Lipinski definition) is 1. The van der Waals surface area contributed by atoms with Crippen molar-refractivity contribution in [2.75, 3.05) is 18.4 Å². The van der Waals surface area contributed by atoms with Crippen LogP contribution in [0.15, 0.2) is 71.8 Å². The molecule has 3 heteroatoms. The van der Waals surface area contributed by atoms with Gasteiger partial charge in [0.25, 0.3) is 0 Å². The van der Waals surface area contributed by atoms with E-state index in [1.165, 1.54) is 85.9 Å². The van der Waals surface area contributed by atoms with Crippen LogP contribution in [0.25, 0.3) is 5.57 Å². The Balaban J connectivity index is 0.00000205. The van der Waals surface area contributed by atoms with Crippen LogP contribution in [0.2, 0.25) is 0 Å². The maximum atomic E-state index is 4.60. The quantitative estimate of drug-likeness (QED) is 0.260. The average molecular weight is 526 g/mol. The van der Waals surface area contributed by atoms with E-state index in [1.54, 1.807) is 0 Å². The highest BCUT2D eigenvalue weighted by Crippen LogP contribution is 2.42. The van der Waals surface area contributed by atoms with Gasteiger partial charge >= 0.3 is 0 Å². The molecule has 2 aliphatic rings. The number of piperidine rings is 1. The Labute approximate surface area is 238 Å². The SMILES string of the molecule is C=C/C(=C\C=C(C)C)c1cc(NCc2ccc(C)cc2)c(N=C)c(C2CCN(C3CCCCC3)CC2)c1.CC. The van der Waals surface area contributed by atoms with Crippen molar-refractivity contribution in [2.24, 2.45) is 4.99 Å². The van der Waals surface area contributed by atoms with Crippen LogP contribution in [0, 0.1) is 6.92 Å². The third-order valence-corrected chi connectivity index (χ3v) is 8.11. The Morgan fingerprint density at radius 1 is 0.974 bits per heavy atom. The Morgan fingerprint density at radius 3 is 2.23 bits per heavy atom. The molecule has 2 fully saturated rings. The van der Waals surface area contributed by atoms with Gasteiger partial charge in [-0.25, -0.2) is 0 Å². The lowest BCUT2D eigenvalue weighted by molar-refractivity contribution is 0.122. The summed E-state index contributed by atoms with van der Waals surface area (Å²) >= 11 is 0. The summed E-state index contributed by atoms with van der Waals surface area (Å²) in [6.07, 6.45) is 15.6. The standard InChI is InChI=1S/C34H45N3.C2H6/c1-6-28(17-12-25(2)3)30-22-32(29-18-20-37(21-19-29)31-10-8-7-9-11-31)34(35-5)33(23-30)36-24-27-15-13-26(4)14-16-27;1-2/h6,12-17,22-23,29,31,36H,1,5,7-11,18-21,24H2,2-4H3;1-2H3/b28-17+;. The molecule has 2 aromatic carbocycles. The van der Waals surface area contributed by atoms with Gasteiger partial charge < -0.3 is 10.2 Å². The van der Waals surface area contributed by atoms with Gasteiger partial charge in [0.05, 0.1) is 11.4 Å². The summed E-state index contributed by atoms with van der Waals surface area (Å²) in [7, 11) is 0. The number of anilines is 1. The maximum absolute atomic E-state index is 4.60. The lowest BCUT2D eigenvalue weighted by atomic mass is 9.84. The smallest absolute Gasteiger partial charge is 0.0888 e. The molecule has 0 aromatic heterocycles. The normalized spacial score (nSPS) is 17.1. The van der Waals surface area contributed by atoms with E-state index in [0.29, 0.717) is 5.92 Å². The highest BCUT2D eigenvalue weighted by Gasteiger charge is 2.28. The maximum Gasteiger partial charge on any atom is 0.0888 e. The van der Waals surface area contributed by atoms with E-state index in [-0.39, 0.29) is 0 Å². The lowest BCUT2D eigenvalue weighted by Crippen LogP contribution is -2.41. The molecule has 0 atom stereocenters. The van der Waals surface area contributed by atoms with E-state index in [0.717, 1.165) is 29.5 Å². The molecule has 1 heterocycles. The lowest BCUT2D eigenvalue weighted by Gasteiger charge is -2.39. The van der Waals surface area contributed by atoms with Crippen molar-refractivity contribution >= 4 is 23.7 Å². The number of aliphatic imine (C=N–C) groups is 1. The Morgan fingerprint density at radius 2 is 1.64 bits per heavy atom. The summed E-state index contributed by atoms with van der Waals surface area (Å²) < 4.78 is 0. The van der Waals surface area contributed by atoms with Crippen LogP contribution in [0.1, 0.15) is 101 Å². The van der Waals surface area contributed by atoms with Crippen LogP contribution in [-0.4, -0.2) is 30.7 Å². The van der Waals surface area contributed by atoms with E-state index in [1.807, 2.05) is 19.9 Å². The van der Waals surface area contributed by atoms with Gasteiger partial charge in [-0.15, -0.1) is 0 Å². The molecule has 1 aliphatic carbocycles. The van der Waals surface area contributed by atoms with Crippen molar-refractivity contribution in [3.63, 3.8) is 0 Å². The summed E-state index contributed by atoms with van der Waals surface area (Å²) in [4.78, 5) is 7.36. The fraction of sp³-hybridized carbons (Fsp3) is 0.472. The van der Waals surface area contributed by atoms with Crippen molar-refractivity contribution in [3.05, 3.63) is 89.0 Å². The fourth-order valence-electron chi connectivity index (χ4n) is 5.91. The van der Waals surface area contributed by atoms with Crippen molar-refractivity contribution in [1.29, 1.82) is 0 Å². The van der Waals surface area contributed by atoms with Gasteiger partial charge in [-0.3, -0.25) is 4.99 Å². The number of allylic oxidation sites excluding steroid dienone is 5. The summed E-state index contributed by atoms with van der Waals surface area (Å²) in [6.45, 7) is 21.7. The Bertz CT molecular complexity index is 1120. The number of aryl methyl sites for hydroxylation is 1. The van der Waals surface area contributed by atoms with Gasteiger partial charge in [-0.1, -0.05) is 93.3 Å². The van der Waals surface area contributed by atoms with Crippen molar-refractivity contribution < 1.29 is 0 Å². The van der Waals surface area contributed by atoms with Crippen LogP contribution < -0.4 is 5.32 Å². The summed E-state index contributed by atoms with van der Waals surface area (Å²) in [5.41, 5.74) is 9.54. The number of nitrogens with zero attached hydrogens (tertiary/aromatic N) is 2. The highest BCUT2D eigenvalue weighted by atomic mass is 15.2. The minimum Gasteiger partial charge on any atom is -0.379 e. The first-order valence-electron chi connectivity index (χ1n) is 15.1. The van der Waals surface area contributed by atoms with Crippen molar-refractivity contribution in [1.82, 2.24) is 4.90 Å². The number of likely N-dealkylation sites (tertiary alicyclic amines) is 1. The molecule has 210 valence electrons. The van der Waals surface area contributed by atoms with Crippen LogP contribution >= 0.6 is 0 Å². The molecule has 2 aromatic rings. The zero-order valence-electron chi connectivity index (χ0n) is 25.2. The number of nitrogens with one attached hydrogen (secondary N) is 1. The van der Waals surface area contributed by atoms with E-state index in [4.69, 9.17) is 0 Å². The topological polar surface area (TPSA) is 27.6 Å². The van der Waals surface area contributed by atoms with Gasteiger partial charge in [-0.05, 0) is 107 Å². The molecule has 0 radical (unpaired) electrons. The first kappa shape index (κ1) is 30.6. The molecule has 39 heavy (non-hydrogen) atoms. The monoisotopic (exact) mass is 525 g/mol. The second-order valence-corrected chi connectivity index (χ2v) is 11.1. The van der Waals surface area contributed by atoms with Crippen molar-refractivity contribution in [3.8, 4) is 0 Å². The second-order valence-electron chi connectivity index (χ2n) is 11.1. The molecule has 1 saturated heterocycles. The van der Waals surface area contributed by atoms with Crippen LogP contribution in [-0.2, 0) is 6.54 Å². The van der Waals surface area contributed by atoms with Crippen LogP contribution in [0.3, 0.4) is 0 Å². The largest absolute Gasteiger partial charge is 0.379 e. The highest BCUT2D eigenvalue weighted by molar-refractivity contribution is 5.83. The fourth-order valence-corrected chi connectivity index (χ4v) is 5.91. The van der Waals surface area contributed by atoms with Crippen LogP contribution in [0.5, 0.6) is 0 Å². The molecule has 1 N–H and O–H groups in total. The van der Waals surface area contributed by atoms with Gasteiger partial charge in [0, 0.05) is 12.6 Å². The zero-order valence-corrected chi connectivity index (χ0v) is 25.2. The molecule has 4 rings (SSSR count). The third kappa shape index (κ3) is 8.54. The first-order valence-corrected chi connectivity index (χ1v) is 15.1. The molecule has 0 spiro atoms. The van der Waals surface area contributed by atoms with Crippen molar-refractivity contribution in [2.45, 2.75) is 98.1 Å². The molecule has 0 amide bonds. The zero-order chi connectivity index (χ0) is 28.2. The third-order valence-electron chi connectivity index (χ3n) is 8.11. The number of rotatable bonds is 9. The second kappa shape index (κ2) is 15.6. The van der Waals surface area contributed by atoms with E-state index in [2.05, 4.69) is 97.8 Å². The van der Waals surface area contributed by atoms with Gasteiger partial charge in [0.15, 0.2) is 0 Å². The Hall–Kier alpha value is -2.91. The number of hydrogen-bond acceptors (Lipinski definition) is 3. The Kier molecular flexibility index (Phi) is 12.3. The van der Waals surface area contributed by atoms with Gasteiger partial charge in [0.1, 0.15) is 0 Å². The minimum atomic E-state index is 0.495. The minimum absolute atomic E-state index is 0.495.